The molecule has 0 amide bonds. The largest absolute Gasteiger partial charge is 0.472 e. The van der Waals surface area contributed by atoms with E-state index < -0.39 is 58.1 Å². The molecule has 7 rings (SSSR count). The van der Waals surface area contributed by atoms with Crippen LogP contribution in [0.15, 0.2) is 71.1 Å². The monoisotopic (exact) mass is 616 g/mol. The second-order valence-corrected chi connectivity index (χ2v) is 14.9. The summed E-state index contributed by atoms with van der Waals surface area (Å²) in [7, 11) is 0. The van der Waals surface area contributed by atoms with Crippen molar-refractivity contribution in [1.82, 2.24) is 0 Å². The summed E-state index contributed by atoms with van der Waals surface area (Å²) in [6, 6.07) is 11.5. The first-order valence-corrected chi connectivity index (χ1v) is 16.2. The minimum Gasteiger partial charge on any atom is -0.472 e. The Morgan fingerprint density at radius 3 is 2.42 bits per heavy atom. The third-order valence-electron chi connectivity index (χ3n) is 12.9. The van der Waals surface area contributed by atoms with Crippen molar-refractivity contribution < 1.29 is 38.4 Å². The van der Waals surface area contributed by atoms with Gasteiger partial charge >= 0.3 is 11.9 Å². The summed E-state index contributed by atoms with van der Waals surface area (Å²) < 4.78 is 24.5. The summed E-state index contributed by atoms with van der Waals surface area (Å²) in [5.41, 5.74) is 0.210. The van der Waals surface area contributed by atoms with Crippen LogP contribution < -0.4 is 0 Å². The number of furan rings is 1. The number of hydrogen-bond acceptors (Lipinski definition) is 8. The molecule has 0 radical (unpaired) electrons. The SMILES string of the molecule is CC(=O)OC1CC2C(C)(C3=CCC(c4ccoc4)C31C)C(O)C1OCC3(C)C(O)CC(OC(=O)/C=C/c4ccccc4)C2(C)C13. The highest BCUT2D eigenvalue weighted by Crippen LogP contribution is 2.75. The zero-order valence-electron chi connectivity index (χ0n) is 26.6. The molecule has 1 aliphatic heterocycles. The van der Waals surface area contributed by atoms with Crippen molar-refractivity contribution in [2.24, 2.45) is 33.5 Å². The van der Waals surface area contributed by atoms with Gasteiger partial charge in [0.2, 0.25) is 0 Å². The van der Waals surface area contributed by atoms with Gasteiger partial charge in [0.25, 0.3) is 0 Å². The van der Waals surface area contributed by atoms with E-state index in [0.717, 1.165) is 16.7 Å². The summed E-state index contributed by atoms with van der Waals surface area (Å²) in [4.78, 5) is 26.1. The summed E-state index contributed by atoms with van der Waals surface area (Å²) in [6.45, 7) is 10.2. The number of aliphatic hydroxyl groups excluding tert-OH is 2. The number of carbonyl (C=O) groups is 2. The number of aliphatic hydroxyl groups is 2. The van der Waals surface area contributed by atoms with Crippen LogP contribution in [0, 0.1) is 33.5 Å². The van der Waals surface area contributed by atoms with Gasteiger partial charge in [0.05, 0.1) is 37.4 Å². The van der Waals surface area contributed by atoms with Crippen LogP contribution in [0.3, 0.4) is 0 Å². The lowest BCUT2D eigenvalue weighted by Crippen LogP contribution is -2.74. The summed E-state index contributed by atoms with van der Waals surface area (Å²) in [5.74, 6) is -1.40. The molecule has 12 unspecified atom stereocenters. The van der Waals surface area contributed by atoms with Gasteiger partial charge < -0.3 is 28.8 Å². The number of benzene rings is 1. The van der Waals surface area contributed by atoms with Gasteiger partial charge in [-0.3, -0.25) is 4.79 Å². The van der Waals surface area contributed by atoms with Crippen LogP contribution in [0.25, 0.3) is 6.08 Å². The van der Waals surface area contributed by atoms with E-state index in [1.165, 1.54) is 13.0 Å². The van der Waals surface area contributed by atoms with E-state index in [4.69, 9.17) is 18.6 Å². The molecule has 4 aliphatic carbocycles. The van der Waals surface area contributed by atoms with Crippen molar-refractivity contribution in [1.29, 1.82) is 0 Å². The van der Waals surface area contributed by atoms with Gasteiger partial charge in [0.15, 0.2) is 0 Å². The molecule has 8 heteroatoms. The standard InChI is InChI=1S/C37H44O8/c1-21(38)44-28-17-26-36(4,25-13-12-24(35(25,28)3)23-15-16-42-19-23)33(41)31-32-34(2,20-43-31)27(39)18-29(37(26,32)5)45-30(40)14-11-22-9-7-6-8-10-22/h6-11,13-16,19,24,26-29,31-33,39,41H,12,17-18,20H2,1-5H3/b14-11+. The third-order valence-corrected chi connectivity index (χ3v) is 12.9. The molecular weight excluding hydrogens is 572 g/mol. The highest BCUT2D eigenvalue weighted by atomic mass is 16.6. The van der Waals surface area contributed by atoms with E-state index in [1.54, 1.807) is 18.6 Å². The summed E-state index contributed by atoms with van der Waals surface area (Å²) in [6.07, 6.45) is 6.85. The van der Waals surface area contributed by atoms with Gasteiger partial charge in [-0.15, -0.1) is 0 Å². The van der Waals surface area contributed by atoms with E-state index in [0.29, 0.717) is 19.4 Å². The van der Waals surface area contributed by atoms with Crippen LogP contribution in [0.2, 0.25) is 0 Å². The fourth-order valence-electron chi connectivity index (χ4n) is 10.8. The Morgan fingerprint density at radius 2 is 1.73 bits per heavy atom. The van der Waals surface area contributed by atoms with E-state index in [1.807, 2.05) is 43.3 Å². The maximum absolute atomic E-state index is 13.4. The van der Waals surface area contributed by atoms with E-state index >= 15 is 0 Å². The first-order valence-electron chi connectivity index (χ1n) is 16.2. The lowest BCUT2D eigenvalue weighted by Gasteiger charge is -2.69. The second-order valence-electron chi connectivity index (χ2n) is 14.9. The summed E-state index contributed by atoms with van der Waals surface area (Å²) in [5, 5.41) is 24.0. The van der Waals surface area contributed by atoms with E-state index in [-0.39, 0.29) is 30.1 Å². The lowest BCUT2D eigenvalue weighted by atomic mass is 9.36. The third kappa shape index (κ3) is 4.14. The molecule has 0 spiro atoms. The minimum atomic E-state index is -0.881. The van der Waals surface area contributed by atoms with Crippen molar-refractivity contribution in [3.05, 3.63) is 77.8 Å². The van der Waals surface area contributed by atoms with Gasteiger partial charge in [0, 0.05) is 52.9 Å². The molecule has 1 aromatic heterocycles. The molecule has 0 bridgehead atoms. The molecule has 5 aliphatic rings. The number of allylic oxidation sites excluding steroid dienone is 1. The molecule has 45 heavy (non-hydrogen) atoms. The van der Waals surface area contributed by atoms with E-state index in [2.05, 4.69) is 26.8 Å². The Kier molecular flexibility index (Phi) is 7.04. The van der Waals surface area contributed by atoms with Crippen LogP contribution in [-0.2, 0) is 23.8 Å². The van der Waals surface area contributed by atoms with Crippen LogP contribution in [0.5, 0.6) is 0 Å². The van der Waals surface area contributed by atoms with Crippen molar-refractivity contribution in [3.63, 3.8) is 0 Å². The average molecular weight is 617 g/mol. The summed E-state index contributed by atoms with van der Waals surface area (Å²) >= 11 is 0. The van der Waals surface area contributed by atoms with Crippen molar-refractivity contribution >= 4 is 18.0 Å². The molecule has 1 aromatic carbocycles. The number of carbonyl (C=O) groups excluding carboxylic acids is 2. The number of hydrogen-bond donors (Lipinski definition) is 2. The van der Waals surface area contributed by atoms with Gasteiger partial charge in [-0.2, -0.15) is 0 Å². The van der Waals surface area contributed by atoms with Crippen LogP contribution in [0.1, 0.15) is 70.9 Å². The molecule has 4 fully saturated rings. The van der Waals surface area contributed by atoms with Gasteiger partial charge in [0.1, 0.15) is 12.2 Å². The number of fused-ring (bicyclic) bond motifs is 4. The Bertz CT molecular complexity index is 1530. The molecule has 2 N–H and O–H groups in total. The molecular formula is C37H44O8. The Morgan fingerprint density at radius 1 is 0.978 bits per heavy atom. The number of esters is 2. The normalized spacial score (nSPS) is 44.9. The van der Waals surface area contributed by atoms with Crippen molar-refractivity contribution in [3.8, 4) is 0 Å². The first-order chi connectivity index (χ1) is 21.4. The quantitative estimate of drug-likeness (QED) is 0.259. The molecule has 12 atom stereocenters. The van der Waals surface area contributed by atoms with Crippen molar-refractivity contribution in [2.75, 3.05) is 6.61 Å². The zero-order chi connectivity index (χ0) is 31.9. The van der Waals surface area contributed by atoms with Gasteiger partial charge in [-0.05, 0) is 42.0 Å². The number of rotatable bonds is 5. The maximum Gasteiger partial charge on any atom is 0.331 e. The minimum absolute atomic E-state index is 0.00852. The van der Waals surface area contributed by atoms with Crippen LogP contribution >= 0.6 is 0 Å². The second kappa shape index (κ2) is 10.4. The number of ether oxygens (including phenoxy) is 3. The zero-order valence-corrected chi connectivity index (χ0v) is 26.6. The predicted molar refractivity (Wildman–Crippen MR) is 165 cm³/mol. The molecule has 2 heterocycles. The van der Waals surface area contributed by atoms with Crippen molar-refractivity contribution in [2.45, 2.75) is 90.3 Å². The maximum atomic E-state index is 13.4. The fraction of sp³-hybridized carbons (Fsp3) is 0.568. The Balaban J connectivity index is 1.33. The van der Waals surface area contributed by atoms with Gasteiger partial charge in [-0.1, -0.05) is 69.7 Å². The smallest absolute Gasteiger partial charge is 0.331 e. The van der Waals surface area contributed by atoms with Crippen LogP contribution in [0.4, 0.5) is 0 Å². The molecule has 8 nitrogen and oxygen atoms in total. The Labute approximate surface area is 264 Å². The fourth-order valence-corrected chi connectivity index (χ4v) is 10.8. The predicted octanol–water partition coefficient (Wildman–Crippen LogP) is 5.45. The lowest BCUT2D eigenvalue weighted by molar-refractivity contribution is -0.268. The Hall–Kier alpha value is -3.20. The topological polar surface area (TPSA) is 115 Å². The molecule has 3 saturated carbocycles. The van der Waals surface area contributed by atoms with Crippen LogP contribution in [-0.4, -0.2) is 59.3 Å². The average Bonchev–Trinajstić information content (AvgIpc) is 3.74. The highest BCUT2D eigenvalue weighted by molar-refractivity contribution is 5.87. The molecule has 240 valence electrons. The molecule has 2 aromatic rings. The first kappa shape index (κ1) is 30.5. The van der Waals surface area contributed by atoms with Gasteiger partial charge in [-0.25, -0.2) is 4.79 Å². The van der Waals surface area contributed by atoms with E-state index in [9.17, 15) is 19.8 Å². The highest BCUT2D eigenvalue weighted by Gasteiger charge is 2.78. The molecule has 1 saturated heterocycles.